The van der Waals surface area contributed by atoms with Crippen LogP contribution in [0.25, 0.3) is 0 Å². The zero-order chi connectivity index (χ0) is 8.97. The van der Waals surface area contributed by atoms with Crippen LogP contribution in [0.2, 0.25) is 0 Å². The highest BCUT2D eigenvalue weighted by molar-refractivity contribution is 6.66. The first-order chi connectivity index (χ1) is 5.68. The molecule has 1 rings (SSSR count). The van der Waals surface area contributed by atoms with E-state index in [2.05, 4.69) is 0 Å². The average Bonchev–Trinajstić information content (AvgIpc) is 2.01. The summed E-state index contributed by atoms with van der Waals surface area (Å²) in [6.07, 6.45) is 8.02. The fourth-order valence-electron chi connectivity index (χ4n) is 0.995. The van der Waals surface area contributed by atoms with E-state index in [0.29, 0.717) is 6.42 Å². The van der Waals surface area contributed by atoms with E-state index in [1.807, 2.05) is 6.08 Å². The quantitative estimate of drug-likeness (QED) is 0.479. The monoisotopic (exact) mass is 186 g/mol. The predicted molar refractivity (Wildman–Crippen MR) is 46.4 cm³/mol. The Balaban J connectivity index is 2.52. The molecule has 1 aliphatic carbocycles. The summed E-state index contributed by atoms with van der Waals surface area (Å²) in [5, 5.41) is -0.529. The molecule has 0 N–H and O–H groups in total. The second-order valence-electron chi connectivity index (χ2n) is 2.53. The molecule has 1 unspecified atom stereocenters. The second-order valence-corrected chi connectivity index (χ2v) is 2.90. The Bertz CT molecular complexity index is 266. The highest BCUT2D eigenvalue weighted by atomic mass is 35.5. The van der Waals surface area contributed by atoms with E-state index in [-0.39, 0.29) is 11.7 Å². The van der Waals surface area contributed by atoms with E-state index in [9.17, 15) is 9.18 Å². The summed E-state index contributed by atoms with van der Waals surface area (Å²) in [7, 11) is 0. The van der Waals surface area contributed by atoms with E-state index < -0.39 is 5.24 Å². The Morgan fingerprint density at radius 1 is 1.75 bits per heavy atom. The topological polar surface area (TPSA) is 17.1 Å². The standard InChI is InChI=1S/C9H8ClFO/c10-9(12)5-4-7-2-1-3-8(11)6-7/h1-5,7H,6H2. The van der Waals surface area contributed by atoms with Gasteiger partial charge >= 0.3 is 0 Å². The highest BCUT2D eigenvalue weighted by Gasteiger charge is 2.07. The Labute approximate surface area is 75.2 Å². The zero-order valence-corrected chi connectivity index (χ0v) is 7.09. The molecule has 0 radical (unpaired) electrons. The van der Waals surface area contributed by atoms with Crippen LogP contribution in [0.4, 0.5) is 4.39 Å². The predicted octanol–water partition coefficient (Wildman–Crippen LogP) is 2.74. The fourth-order valence-corrected chi connectivity index (χ4v) is 1.07. The van der Waals surface area contributed by atoms with Crippen LogP contribution in [0.1, 0.15) is 6.42 Å². The molecule has 3 heteroatoms. The van der Waals surface area contributed by atoms with Crippen molar-refractivity contribution < 1.29 is 9.18 Å². The number of allylic oxidation sites excluding steroid dienone is 6. The summed E-state index contributed by atoms with van der Waals surface area (Å²) >= 11 is 5.08. The Morgan fingerprint density at radius 2 is 2.50 bits per heavy atom. The lowest BCUT2D eigenvalue weighted by Gasteiger charge is -2.08. The van der Waals surface area contributed by atoms with Gasteiger partial charge in [0.25, 0.3) is 0 Å². The van der Waals surface area contributed by atoms with Gasteiger partial charge in [0.2, 0.25) is 5.24 Å². The Morgan fingerprint density at radius 3 is 3.08 bits per heavy atom. The second kappa shape index (κ2) is 4.21. The summed E-state index contributed by atoms with van der Waals surface area (Å²) in [5.41, 5.74) is 0. The van der Waals surface area contributed by atoms with Crippen LogP contribution in [0.3, 0.4) is 0 Å². The normalized spacial score (nSPS) is 22.8. The molecule has 0 heterocycles. The maximum atomic E-state index is 12.6. The molecular formula is C9H8ClFO. The van der Waals surface area contributed by atoms with E-state index >= 15 is 0 Å². The van der Waals surface area contributed by atoms with Crippen molar-refractivity contribution in [1.82, 2.24) is 0 Å². The lowest BCUT2D eigenvalue weighted by Crippen LogP contribution is -1.96. The van der Waals surface area contributed by atoms with Crippen LogP contribution < -0.4 is 0 Å². The first-order valence-electron chi connectivity index (χ1n) is 3.59. The van der Waals surface area contributed by atoms with Crippen LogP contribution >= 0.6 is 11.6 Å². The molecular weight excluding hydrogens is 179 g/mol. The SMILES string of the molecule is O=C(Cl)C=CC1C=CC=C(F)C1. The van der Waals surface area contributed by atoms with Gasteiger partial charge in [0.15, 0.2) is 0 Å². The van der Waals surface area contributed by atoms with E-state index in [4.69, 9.17) is 11.6 Å². The van der Waals surface area contributed by atoms with Gasteiger partial charge in [-0.1, -0.05) is 18.2 Å². The summed E-state index contributed by atoms with van der Waals surface area (Å²) in [6.45, 7) is 0. The molecule has 0 fully saturated rings. The highest BCUT2D eigenvalue weighted by Crippen LogP contribution is 2.20. The van der Waals surface area contributed by atoms with Crippen molar-refractivity contribution in [3.05, 3.63) is 36.2 Å². The Hall–Kier alpha value is -0.890. The lowest BCUT2D eigenvalue weighted by molar-refractivity contribution is -0.107. The van der Waals surface area contributed by atoms with Crippen molar-refractivity contribution in [2.75, 3.05) is 0 Å². The third kappa shape index (κ3) is 3.01. The van der Waals surface area contributed by atoms with Crippen molar-refractivity contribution in [2.24, 2.45) is 5.92 Å². The summed E-state index contributed by atoms with van der Waals surface area (Å²) in [4.78, 5) is 10.3. The molecule has 1 aliphatic rings. The van der Waals surface area contributed by atoms with Crippen molar-refractivity contribution in [1.29, 1.82) is 0 Å². The van der Waals surface area contributed by atoms with Crippen LogP contribution in [-0.4, -0.2) is 5.24 Å². The molecule has 0 aromatic rings. The van der Waals surface area contributed by atoms with Crippen molar-refractivity contribution in [2.45, 2.75) is 6.42 Å². The molecule has 0 aromatic carbocycles. The van der Waals surface area contributed by atoms with Crippen molar-refractivity contribution >= 4 is 16.8 Å². The van der Waals surface area contributed by atoms with E-state index in [1.165, 1.54) is 12.2 Å². The molecule has 1 nitrogen and oxygen atoms in total. The van der Waals surface area contributed by atoms with Gasteiger partial charge in [-0.25, -0.2) is 4.39 Å². The maximum Gasteiger partial charge on any atom is 0.244 e. The van der Waals surface area contributed by atoms with Gasteiger partial charge in [-0.3, -0.25) is 4.79 Å². The zero-order valence-electron chi connectivity index (χ0n) is 6.34. The third-order valence-electron chi connectivity index (χ3n) is 1.54. The van der Waals surface area contributed by atoms with Gasteiger partial charge in [0, 0.05) is 12.3 Å². The largest absolute Gasteiger partial charge is 0.276 e. The first kappa shape index (κ1) is 9.20. The molecule has 12 heavy (non-hydrogen) atoms. The number of hydrogen-bond acceptors (Lipinski definition) is 1. The van der Waals surface area contributed by atoms with Crippen molar-refractivity contribution in [3.63, 3.8) is 0 Å². The maximum absolute atomic E-state index is 12.6. The van der Waals surface area contributed by atoms with Gasteiger partial charge in [0.05, 0.1) is 0 Å². The molecule has 64 valence electrons. The molecule has 1 atom stereocenters. The number of rotatable bonds is 2. The first-order valence-corrected chi connectivity index (χ1v) is 3.97. The van der Waals surface area contributed by atoms with E-state index in [1.54, 1.807) is 12.2 Å². The van der Waals surface area contributed by atoms with Gasteiger partial charge in [-0.05, 0) is 23.8 Å². The number of hydrogen-bond donors (Lipinski definition) is 0. The number of carbonyl (C=O) groups is 1. The van der Waals surface area contributed by atoms with Gasteiger partial charge in [-0.15, -0.1) is 0 Å². The average molecular weight is 187 g/mol. The van der Waals surface area contributed by atoms with Crippen LogP contribution in [-0.2, 0) is 4.79 Å². The molecule has 0 aromatic heterocycles. The summed E-state index contributed by atoms with van der Waals surface area (Å²) < 4.78 is 12.6. The molecule has 0 bridgehead atoms. The van der Waals surface area contributed by atoms with Crippen LogP contribution in [0.15, 0.2) is 36.2 Å². The van der Waals surface area contributed by atoms with Crippen molar-refractivity contribution in [3.8, 4) is 0 Å². The molecule has 0 saturated heterocycles. The summed E-state index contributed by atoms with van der Waals surface area (Å²) in [6, 6.07) is 0. The van der Waals surface area contributed by atoms with Crippen LogP contribution in [0.5, 0.6) is 0 Å². The Kier molecular flexibility index (Phi) is 3.23. The minimum absolute atomic E-state index is 0.0438. The molecule has 0 aliphatic heterocycles. The smallest absolute Gasteiger partial charge is 0.244 e. The summed E-state index contributed by atoms with van der Waals surface area (Å²) in [5.74, 6) is -0.216. The van der Waals surface area contributed by atoms with Gasteiger partial charge in [0.1, 0.15) is 5.83 Å². The minimum atomic E-state index is -0.529. The molecule has 0 spiro atoms. The van der Waals surface area contributed by atoms with E-state index in [0.717, 1.165) is 0 Å². The van der Waals surface area contributed by atoms with Gasteiger partial charge < -0.3 is 0 Å². The van der Waals surface area contributed by atoms with Gasteiger partial charge in [-0.2, -0.15) is 0 Å². The number of halogens is 2. The fraction of sp³-hybridized carbons (Fsp3) is 0.222. The van der Waals surface area contributed by atoms with Crippen LogP contribution in [0, 0.1) is 5.92 Å². The number of carbonyl (C=O) groups excluding carboxylic acids is 1. The lowest BCUT2D eigenvalue weighted by atomic mass is 10.00. The molecule has 0 amide bonds. The third-order valence-corrected chi connectivity index (χ3v) is 1.67. The molecule has 0 saturated carbocycles. The minimum Gasteiger partial charge on any atom is -0.276 e.